The lowest BCUT2D eigenvalue weighted by Crippen LogP contribution is -2.04. The van der Waals surface area contributed by atoms with Crippen LogP contribution in [0.1, 0.15) is 29.0 Å². The van der Waals surface area contributed by atoms with Gasteiger partial charge in [-0.2, -0.15) is 0 Å². The molecule has 0 bridgehead atoms. The van der Waals surface area contributed by atoms with Crippen LogP contribution in [0.5, 0.6) is 0 Å². The zero-order chi connectivity index (χ0) is 38.7. The van der Waals surface area contributed by atoms with Gasteiger partial charge in [0.1, 0.15) is 0 Å². The smallest absolute Gasteiger partial charge is 0.0541 e. The van der Waals surface area contributed by atoms with Crippen LogP contribution in [0, 0.1) is 0 Å². The third kappa shape index (κ3) is 7.04. The third-order valence-electron chi connectivity index (χ3n) is 11.7. The summed E-state index contributed by atoms with van der Waals surface area (Å²) in [6.45, 7) is 0. The molecule has 9 aromatic carbocycles. The second kappa shape index (κ2) is 15.7. The van der Waals surface area contributed by atoms with E-state index in [1.54, 1.807) is 0 Å². The van der Waals surface area contributed by atoms with E-state index in [0.717, 1.165) is 18.5 Å². The Morgan fingerprint density at radius 3 is 1.29 bits per heavy atom. The van der Waals surface area contributed by atoms with Crippen LogP contribution in [0.2, 0.25) is 0 Å². The van der Waals surface area contributed by atoms with Crippen LogP contribution in [0.4, 0.5) is 0 Å². The number of fused-ring (bicyclic) bond motifs is 3. The van der Waals surface area contributed by atoms with Crippen molar-refractivity contribution in [3.05, 3.63) is 247 Å². The quantitative estimate of drug-likeness (QED) is 0.132. The van der Waals surface area contributed by atoms with Crippen molar-refractivity contribution >= 4 is 21.8 Å². The van der Waals surface area contributed by atoms with Crippen molar-refractivity contribution in [1.82, 2.24) is 4.57 Å². The van der Waals surface area contributed by atoms with Crippen LogP contribution in [0.3, 0.4) is 0 Å². The van der Waals surface area contributed by atoms with E-state index < -0.39 is 0 Å². The summed E-state index contributed by atoms with van der Waals surface area (Å²) < 4.78 is 2.46. The highest BCUT2D eigenvalue weighted by Gasteiger charge is 2.20. The molecule has 1 aromatic heterocycles. The second-order valence-electron chi connectivity index (χ2n) is 15.3. The topological polar surface area (TPSA) is 4.93 Å². The van der Waals surface area contributed by atoms with Crippen molar-refractivity contribution in [1.29, 1.82) is 0 Å². The molecule has 10 aromatic rings. The normalized spacial score (nSPS) is 11.9. The maximum absolute atomic E-state index is 2.47. The van der Waals surface area contributed by atoms with E-state index >= 15 is 0 Å². The fourth-order valence-electron chi connectivity index (χ4n) is 8.69. The zero-order valence-corrected chi connectivity index (χ0v) is 32.4. The summed E-state index contributed by atoms with van der Waals surface area (Å²) in [4.78, 5) is 0. The van der Waals surface area contributed by atoms with Crippen LogP contribution < -0.4 is 0 Å². The van der Waals surface area contributed by atoms with E-state index in [9.17, 15) is 0 Å². The van der Waals surface area contributed by atoms with E-state index in [1.807, 2.05) is 0 Å². The molecule has 0 aliphatic heterocycles. The van der Waals surface area contributed by atoms with Crippen molar-refractivity contribution in [3.63, 3.8) is 0 Å². The van der Waals surface area contributed by atoms with Gasteiger partial charge in [0, 0.05) is 22.4 Å². The molecule has 276 valence electrons. The molecule has 1 heteroatoms. The Hall–Kier alpha value is -7.22. The number of para-hydroxylation sites is 1. The number of rotatable bonds is 10. The summed E-state index contributed by atoms with van der Waals surface area (Å²) in [6, 6.07) is 84.4. The minimum Gasteiger partial charge on any atom is -0.309 e. The Morgan fingerprint density at radius 1 is 0.310 bits per heavy atom. The van der Waals surface area contributed by atoms with Gasteiger partial charge in [-0.15, -0.1) is 0 Å². The Labute approximate surface area is 341 Å². The fraction of sp³-hybridized carbons (Fsp3) is 0.0526. The van der Waals surface area contributed by atoms with Gasteiger partial charge in [0.2, 0.25) is 0 Å². The maximum Gasteiger partial charge on any atom is 0.0541 e. The lowest BCUT2D eigenvalue weighted by molar-refractivity contribution is 0.716. The van der Waals surface area contributed by atoms with Crippen LogP contribution in [-0.4, -0.2) is 4.57 Å². The number of hydrogen-bond acceptors (Lipinski definition) is 0. The van der Waals surface area contributed by atoms with Gasteiger partial charge in [0.25, 0.3) is 0 Å². The lowest BCUT2D eigenvalue weighted by atomic mass is 9.85. The van der Waals surface area contributed by atoms with Gasteiger partial charge in [0.15, 0.2) is 0 Å². The Kier molecular flexibility index (Phi) is 9.55. The molecular weight excluding hydrogens is 699 g/mol. The van der Waals surface area contributed by atoms with Gasteiger partial charge in [-0.1, -0.05) is 194 Å². The monoisotopic (exact) mass is 741 g/mol. The molecule has 0 fully saturated rings. The van der Waals surface area contributed by atoms with Gasteiger partial charge in [0.05, 0.1) is 11.0 Å². The van der Waals surface area contributed by atoms with Gasteiger partial charge in [-0.3, -0.25) is 0 Å². The lowest BCUT2D eigenvalue weighted by Gasteiger charge is -2.20. The summed E-state index contributed by atoms with van der Waals surface area (Å²) in [6.07, 6.45) is 1.98. The highest BCUT2D eigenvalue weighted by atomic mass is 15.0. The van der Waals surface area contributed by atoms with Crippen molar-refractivity contribution in [3.8, 4) is 50.2 Å². The maximum atomic E-state index is 2.47. The molecular formula is C57H43N. The van der Waals surface area contributed by atoms with Crippen LogP contribution in [0.15, 0.2) is 231 Å². The Balaban J connectivity index is 1.08. The van der Waals surface area contributed by atoms with E-state index in [2.05, 4.69) is 235 Å². The summed E-state index contributed by atoms with van der Waals surface area (Å²) in [5, 5.41) is 2.54. The molecule has 1 nitrogen and oxygen atoms in total. The van der Waals surface area contributed by atoms with Crippen molar-refractivity contribution in [2.45, 2.75) is 18.8 Å². The zero-order valence-electron chi connectivity index (χ0n) is 32.4. The standard InChI is InChI=1S/C57H43N/c1-5-15-42(16-6-1)46-28-25-41(26-29-46)27-35-53(48-32-30-47(31-33-48)43-17-7-2-8-18-43)49-34-36-57-55(40-49)54-23-13-14-24-56(54)58(57)52-38-50(44-19-9-3-10-20-44)37-51(39-52)45-21-11-4-12-22-45/h1-26,28-34,36-40,53H,27,35H2. The van der Waals surface area contributed by atoms with Crippen LogP contribution in [-0.2, 0) is 6.42 Å². The van der Waals surface area contributed by atoms with Gasteiger partial charge >= 0.3 is 0 Å². The molecule has 0 radical (unpaired) electrons. The molecule has 1 heterocycles. The third-order valence-corrected chi connectivity index (χ3v) is 11.7. The van der Waals surface area contributed by atoms with E-state index in [4.69, 9.17) is 0 Å². The first-order valence-corrected chi connectivity index (χ1v) is 20.3. The summed E-state index contributed by atoms with van der Waals surface area (Å²) in [7, 11) is 0. The number of aromatic nitrogens is 1. The average molecular weight is 742 g/mol. The van der Waals surface area contributed by atoms with Crippen LogP contribution >= 0.6 is 0 Å². The first-order valence-electron chi connectivity index (χ1n) is 20.3. The first-order chi connectivity index (χ1) is 28.7. The second-order valence-corrected chi connectivity index (χ2v) is 15.3. The molecule has 1 atom stereocenters. The fourth-order valence-corrected chi connectivity index (χ4v) is 8.69. The van der Waals surface area contributed by atoms with Gasteiger partial charge in [-0.25, -0.2) is 0 Å². The molecule has 0 amide bonds. The van der Waals surface area contributed by atoms with E-state index in [-0.39, 0.29) is 5.92 Å². The Morgan fingerprint density at radius 2 is 0.741 bits per heavy atom. The number of aryl methyl sites for hydroxylation is 1. The number of benzene rings is 9. The molecule has 0 saturated carbocycles. The van der Waals surface area contributed by atoms with Crippen molar-refractivity contribution in [2.75, 3.05) is 0 Å². The molecule has 0 N–H and O–H groups in total. The molecule has 58 heavy (non-hydrogen) atoms. The van der Waals surface area contributed by atoms with E-state index in [1.165, 1.54) is 83.0 Å². The molecule has 1 unspecified atom stereocenters. The van der Waals surface area contributed by atoms with Gasteiger partial charge in [-0.05, 0) is 110 Å². The highest BCUT2D eigenvalue weighted by Crippen LogP contribution is 2.39. The molecule has 10 rings (SSSR count). The van der Waals surface area contributed by atoms with E-state index in [0.29, 0.717) is 0 Å². The molecule has 0 aliphatic rings. The predicted molar refractivity (Wildman–Crippen MR) is 246 cm³/mol. The predicted octanol–water partition coefficient (Wildman–Crippen LogP) is 15.2. The number of nitrogens with zero attached hydrogens (tertiary/aromatic N) is 1. The summed E-state index contributed by atoms with van der Waals surface area (Å²) >= 11 is 0. The minimum atomic E-state index is 0.219. The SMILES string of the molecule is c1ccc(-c2ccc(CCC(c3ccc(-c4ccccc4)cc3)c3ccc4c(c3)c3ccccc3n4-c3cc(-c4ccccc4)cc(-c4ccccc4)c3)cc2)cc1. The first kappa shape index (κ1) is 35.2. The summed E-state index contributed by atoms with van der Waals surface area (Å²) in [5.41, 5.74) is 17.4. The van der Waals surface area contributed by atoms with Gasteiger partial charge < -0.3 is 4.57 Å². The average Bonchev–Trinajstić information content (AvgIpc) is 3.64. The molecule has 0 saturated heterocycles. The largest absolute Gasteiger partial charge is 0.309 e. The Bertz CT molecular complexity index is 2890. The minimum absolute atomic E-state index is 0.219. The van der Waals surface area contributed by atoms with Crippen LogP contribution in [0.25, 0.3) is 72.0 Å². The molecule has 0 spiro atoms. The highest BCUT2D eigenvalue weighted by molar-refractivity contribution is 6.09. The van der Waals surface area contributed by atoms with Crippen molar-refractivity contribution < 1.29 is 0 Å². The number of hydrogen-bond donors (Lipinski definition) is 0. The molecule has 0 aliphatic carbocycles. The summed E-state index contributed by atoms with van der Waals surface area (Å²) in [5.74, 6) is 0.219. The van der Waals surface area contributed by atoms with Crippen molar-refractivity contribution in [2.24, 2.45) is 0 Å².